The summed E-state index contributed by atoms with van der Waals surface area (Å²) in [7, 11) is 0. The number of pyridine rings is 1. The topological polar surface area (TPSA) is 34.1 Å². The zero-order chi connectivity index (χ0) is 12.4. The Kier molecular flexibility index (Phi) is 3.39. The zero-order valence-electron chi connectivity index (χ0n) is 11.1. The highest BCUT2D eigenvalue weighted by atomic mass is 16.5. The van der Waals surface area contributed by atoms with Gasteiger partial charge in [0.1, 0.15) is 5.82 Å². The minimum Gasteiger partial charge on any atom is -0.478 e. The van der Waals surface area contributed by atoms with Crippen LogP contribution in [0.3, 0.4) is 0 Å². The first kappa shape index (κ1) is 11.8. The highest BCUT2D eigenvalue weighted by Gasteiger charge is 2.40. The van der Waals surface area contributed by atoms with Gasteiger partial charge in [0, 0.05) is 12.6 Å². The van der Waals surface area contributed by atoms with Gasteiger partial charge in [-0.25, -0.2) is 0 Å². The molecule has 98 valence electrons. The van der Waals surface area contributed by atoms with E-state index in [9.17, 15) is 0 Å². The van der Waals surface area contributed by atoms with Crippen LogP contribution in [0.25, 0.3) is 0 Å². The number of ether oxygens (including phenoxy) is 1. The molecule has 18 heavy (non-hydrogen) atoms. The lowest BCUT2D eigenvalue weighted by molar-refractivity contribution is 0.327. The summed E-state index contributed by atoms with van der Waals surface area (Å²) in [4.78, 5) is 4.46. The molecule has 3 nitrogen and oxygen atoms in total. The van der Waals surface area contributed by atoms with Gasteiger partial charge in [-0.05, 0) is 56.4 Å². The number of hydrogen-bond acceptors (Lipinski definition) is 3. The number of nitrogens with one attached hydrogen (secondary N) is 1. The number of aromatic nitrogens is 1. The maximum absolute atomic E-state index is 5.42. The molecule has 0 bridgehead atoms. The van der Waals surface area contributed by atoms with Crippen molar-refractivity contribution in [1.82, 2.24) is 4.98 Å². The molecule has 2 aliphatic carbocycles. The monoisotopic (exact) mass is 246 g/mol. The molecule has 0 spiro atoms. The van der Waals surface area contributed by atoms with Crippen LogP contribution in [-0.2, 0) is 0 Å². The van der Waals surface area contributed by atoms with Crippen LogP contribution in [0.2, 0.25) is 0 Å². The van der Waals surface area contributed by atoms with Gasteiger partial charge >= 0.3 is 0 Å². The third-order valence-electron chi connectivity index (χ3n) is 3.99. The maximum atomic E-state index is 5.42. The lowest BCUT2D eigenvalue weighted by Gasteiger charge is -2.16. The first-order chi connectivity index (χ1) is 8.86. The number of hydrogen-bond donors (Lipinski definition) is 1. The predicted molar refractivity (Wildman–Crippen MR) is 72.8 cm³/mol. The number of rotatable bonds is 7. The fourth-order valence-corrected chi connectivity index (χ4v) is 2.73. The van der Waals surface area contributed by atoms with Gasteiger partial charge in [-0.2, -0.15) is 4.98 Å². The molecule has 2 fully saturated rings. The van der Waals surface area contributed by atoms with Gasteiger partial charge in [-0.3, -0.25) is 0 Å². The molecule has 0 unspecified atom stereocenters. The van der Waals surface area contributed by atoms with Crippen LogP contribution in [0.15, 0.2) is 18.2 Å². The smallest absolute Gasteiger partial charge is 0.215 e. The standard InChI is InChI=1S/C15H22N2O/c1-2-18-15-5-3-4-14(17-15)16-10-13(11-6-7-11)12-8-9-12/h3-5,11-13H,2,6-10H2,1H3,(H,16,17). The Morgan fingerprint density at radius 2 is 2.00 bits per heavy atom. The van der Waals surface area contributed by atoms with Gasteiger partial charge in [0.15, 0.2) is 0 Å². The van der Waals surface area contributed by atoms with Crippen molar-refractivity contribution in [3.05, 3.63) is 18.2 Å². The van der Waals surface area contributed by atoms with Crippen molar-refractivity contribution < 1.29 is 4.74 Å². The summed E-state index contributed by atoms with van der Waals surface area (Å²) in [5, 5.41) is 3.50. The Morgan fingerprint density at radius 1 is 1.28 bits per heavy atom. The van der Waals surface area contributed by atoms with Crippen LogP contribution in [0.1, 0.15) is 32.6 Å². The summed E-state index contributed by atoms with van der Waals surface area (Å²) in [6.07, 6.45) is 5.76. The number of anilines is 1. The first-order valence-corrected chi connectivity index (χ1v) is 7.20. The molecule has 0 amide bonds. The second-order valence-electron chi connectivity index (χ2n) is 5.51. The van der Waals surface area contributed by atoms with Crippen LogP contribution in [0.5, 0.6) is 5.88 Å². The van der Waals surface area contributed by atoms with Crippen molar-refractivity contribution in [3.63, 3.8) is 0 Å². The quantitative estimate of drug-likeness (QED) is 0.801. The van der Waals surface area contributed by atoms with E-state index in [-0.39, 0.29) is 0 Å². The summed E-state index contributed by atoms with van der Waals surface area (Å²) in [5.41, 5.74) is 0. The van der Waals surface area contributed by atoms with E-state index in [1.807, 2.05) is 25.1 Å². The van der Waals surface area contributed by atoms with Crippen LogP contribution in [0, 0.1) is 17.8 Å². The minimum absolute atomic E-state index is 0.670. The largest absolute Gasteiger partial charge is 0.478 e. The van der Waals surface area contributed by atoms with E-state index in [1.165, 1.54) is 25.7 Å². The minimum atomic E-state index is 0.670. The predicted octanol–water partition coefficient (Wildman–Crippen LogP) is 3.33. The van der Waals surface area contributed by atoms with Crippen molar-refractivity contribution >= 4 is 5.82 Å². The van der Waals surface area contributed by atoms with Gasteiger partial charge in [-0.1, -0.05) is 6.07 Å². The molecule has 0 atom stereocenters. The zero-order valence-corrected chi connectivity index (χ0v) is 11.1. The Hall–Kier alpha value is -1.25. The average molecular weight is 246 g/mol. The van der Waals surface area contributed by atoms with Crippen LogP contribution < -0.4 is 10.1 Å². The number of nitrogens with zero attached hydrogens (tertiary/aromatic N) is 1. The second kappa shape index (κ2) is 5.17. The van der Waals surface area contributed by atoms with Gasteiger partial charge < -0.3 is 10.1 Å². The van der Waals surface area contributed by atoms with Gasteiger partial charge in [-0.15, -0.1) is 0 Å². The molecule has 0 saturated heterocycles. The first-order valence-electron chi connectivity index (χ1n) is 7.20. The molecule has 2 saturated carbocycles. The highest BCUT2D eigenvalue weighted by molar-refractivity contribution is 5.37. The molecular formula is C15H22N2O. The molecule has 3 rings (SSSR count). The van der Waals surface area contributed by atoms with E-state index in [0.717, 1.165) is 36.0 Å². The Balaban J connectivity index is 1.56. The maximum Gasteiger partial charge on any atom is 0.215 e. The molecule has 0 aromatic carbocycles. The molecular weight excluding hydrogens is 224 g/mol. The molecule has 1 aromatic heterocycles. The second-order valence-corrected chi connectivity index (χ2v) is 5.51. The Labute approximate surface area is 109 Å². The van der Waals surface area contributed by atoms with Crippen molar-refractivity contribution in [1.29, 1.82) is 0 Å². The van der Waals surface area contributed by atoms with Gasteiger partial charge in [0.25, 0.3) is 0 Å². The van der Waals surface area contributed by atoms with Crippen molar-refractivity contribution in [2.45, 2.75) is 32.6 Å². The highest BCUT2D eigenvalue weighted by Crippen LogP contribution is 2.49. The summed E-state index contributed by atoms with van der Waals surface area (Å²) in [6, 6.07) is 5.94. The summed E-state index contributed by atoms with van der Waals surface area (Å²) in [6.45, 7) is 3.74. The normalized spacial score (nSPS) is 19.0. The van der Waals surface area contributed by atoms with Gasteiger partial charge in [0.05, 0.1) is 6.61 Å². The molecule has 2 aliphatic rings. The molecule has 3 heteroatoms. The van der Waals surface area contributed by atoms with Crippen LogP contribution in [-0.4, -0.2) is 18.1 Å². The average Bonchev–Trinajstić information content (AvgIpc) is 3.25. The third-order valence-corrected chi connectivity index (χ3v) is 3.99. The van der Waals surface area contributed by atoms with E-state index < -0.39 is 0 Å². The van der Waals surface area contributed by atoms with Crippen LogP contribution >= 0.6 is 0 Å². The lowest BCUT2D eigenvalue weighted by atomic mass is 9.98. The fourth-order valence-electron chi connectivity index (χ4n) is 2.73. The summed E-state index contributed by atoms with van der Waals surface area (Å²) < 4.78 is 5.42. The third kappa shape index (κ3) is 2.95. The molecule has 1 heterocycles. The molecule has 1 aromatic rings. The summed E-state index contributed by atoms with van der Waals surface area (Å²) in [5.74, 6) is 4.52. The van der Waals surface area contributed by atoms with Crippen molar-refractivity contribution in [2.24, 2.45) is 17.8 Å². The SMILES string of the molecule is CCOc1cccc(NCC(C2CC2)C2CC2)n1. The van der Waals surface area contributed by atoms with E-state index >= 15 is 0 Å². The van der Waals surface area contributed by atoms with Gasteiger partial charge in [0.2, 0.25) is 5.88 Å². The van der Waals surface area contributed by atoms with Crippen molar-refractivity contribution in [2.75, 3.05) is 18.5 Å². The summed E-state index contributed by atoms with van der Waals surface area (Å²) >= 11 is 0. The van der Waals surface area contributed by atoms with Crippen LogP contribution in [0.4, 0.5) is 5.82 Å². The Bertz CT molecular complexity index is 387. The van der Waals surface area contributed by atoms with E-state index in [4.69, 9.17) is 4.74 Å². The molecule has 0 aliphatic heterocycles. The lowest BCUT2D eigenvalue weighted by Crippen LogP contribution is -2.18. The Morgan fingerprint density at radius 3 is 2.61 bits per heavy atom. The molecule has 0 radical (unpaired) electrons. The molecule has 1 N–H and O–H groups in total. The van der Waals surface area contributed by atoms with E-state index in [1.54, 1.807) is 0 Å². The van der Waals surface area contributed by atoms with Crippen molar-refractivity contribution in [3.8, 4) is 5.88 Å². The van der Waals surface area contributed by atoms with E-state index in [0.29, 0.717) is 6.61 Å². The van der Waals surface area contributed by atoms with E-state index in [2.05, 4.69) is 10.3 Å². The fraction of sp³-hybridized carbons (Fsp3) is 0.667.